The molecule has 0 spiro atoms. The van der Waals surface area contributed by atoms with Gasteiger partial charge in [0.1, 0.15) is 5.82 Å². The van der Waals surface area contributed by atoms with Gasteiger partial charge in [-0.05, 0) is 25.3 Å². The summed E-state index contributed by atoms with van der Waals surface area (Å²) < 4.78 is 0. The molecule has 0 saturated heterocycles. The van der Waals surface area contributed by atoms with E-state index in [1.54, 1.807) is 0 Å². The van der Waals surface area contributed by atoms with Crippen molar-refractivity contribution in [2.45, 2.75) is 76.7 Å². The monoisotopic (exact) mass is 261 g/mol. The molecule has 1 atom stereocenters. The molecule has 1 unspecified atom stereocenters. The summed E-state index contributed by atoms with van der Waals surface area (Å²) in [6.07, 6.45) is 13.1. The van der Waals surface area contributed by atoms with Crippen LogP contribution in [-0.4, -0.2) is 16.0 Å². The first kappa shape index (κ1) is 14.4. The average molecular weight is 261 g/mol. The molecule has 3 heteroatoms. The number of hydrogen-bond donors (Lipinski definition) is 1. The number of rotatable bonds is 4. The summed E-state index contributed by atoms with van der Waals surface area (Å²) in [6, 6.07) is 2.24. The lowest BCUT2D eigenvalue weighted by Crippen LogP contribution is -2.22. The number of aromatic nitrogens is 2. The van der Waals surface area contributed by atoms with Crippen LogP contribution in [0.25, 0.3) is 0 Å². The van der Waals surface area contributed by atoms with Crippen molar-refractivity contribution < 1.29 is 0 Å². The van der Waals surface area contributed by atoms with E-state index in [0.717, 1.165) is 24.4 Å². The maximum Gasteiger partial charge on any atom is 0.131 e. The van der Waals surface area contributed by atoms with Gasteiger partial charge in [0, 0.05) is 30.3 Å². The van der Waals surface area contributed by atoms with Crippen LogP contribution in [0.3, 0.4) is 0 Å². The molecule has 1 aliphatic carbocycles. The van der Waals surface area contributed by atoms with E-state index in [1.165, 1.54) is 44.9 Å². The van der Waals surface area contributed by atoms with Crippen LogP contribution in [0.5, 0.6) is 0 Å². The number of hydrogen-bond acceptors (Lipinski definition) is 3. The van der Waals surface area contributed by atoms with Crippen LogP contribution in [0.2, 0.25) is 0 Å². The lowest BCUT2D eigenvalue weighted by atomic mass is 9.90. The van der Waals surface area contributed by atoms with Gasteiger partial charge in [0.2, 0.25) is 0 Å². The van der Waals surface area contributed by atoms with E-state index in [4.69, 9.17) is 10.7 Å². The Bertz CT molecular complexity index is 370. The van der Waals surface area contributed by atoms with Gasteiger partial charge in [0.15, 0.2) is 0 Å². The lowest BCUT2D eigenvalue weighted by Gasteiger charge is -2.19. The summed E-state index contributed by atoms with van der Waals surface area (Å²) in [5, 5.41) is 0. The Morgan fingerprint density at radius 1 is 1.21 bits per heavy atom. The van der Waals surface area contributed by atoms with Gasteiger partial charge in [-0.25, -0.2) is 9.97 Å². The van der Waals surface area contributed by atoms with E-state index >= 15 is 0 Å². The zero-order valence-corrected chi connectivity index (χ0v) is 12.1. The Morgan fingerprint density at radius 3 is 2.58 bits per heavy atom. The highest BCUT2D eigenvalue weighted by Crippen LogP contribution is 2.28. The highest BCUT2D eigenvalue weighted by Gasteiger charge is 2.16. The van der Waals surface area contributed by atoms with Crippen LogP contribution in [0.15, 0.2) is 12.3 Å². The van der Waals surface area contributed by atoms with Crippen molar-refractivity contribution in [2.75, 3.05) is 0 Å². The molecule has 0 bridgehead atoms. The second kappa shape index (κ2) is 7.59. The molecule has 0 aromatic carbocycles. The molecular weight excluding hydrogens is 234 g/mol. The molecule has 19 heavy (non-hydrogen) atoms. The average Bonchev–Trinajstić information content (AvgIpc) is 2.38. The van der Waals surface area contributed by atoms with Crippen LogP contribution in [-0.2, 0) is 6.42 Å². The van der Waals surface area contributed by atoms with Crippen LogP contribution >= 0.6 is 0 Å². The molecule has 2 N–H and O–H groups in total. The molecule has 1 saturated carbocycles. The van der Waals surface area contributed by atoms with Gasteiger partial charge < -0.3 is 5.73 Å². The van der Waals surface area contributed by atoms with E-state index in [1.807, 2.05) is 12.3 Å². The molecule has 1 heterocycles. The Balaban J connectivity index is 2.03. The Hall–Kier alpha value is -0.960. The fourth-order valence-electron chi connectivity index (χ4n) is 2.85. The van der Waals surface area contributed by atoms with E-state index in [2.05, 4.69) is 11.9 Å². The van der Waals surface area contributed by atoms with Gasteiger partial charge in [-0.2, -0.15) is 0 Å². The summed E-state index contributed by atoms with van der Waals surface area (Å²) in [7, 11) is 0. The van der Waals surface area contributed by atoms with E-state index in [0.29, 0.717) is 5.92 Å². The molecule has 1 aliphatic rings. The fourth-order valence-corrected chi connectivity index (χ4v) is 2.85. The zero-order valence-electron chi connectivity index (χ0n) is 12.1. The summed E-state index contributed by atoms with van der Waals surface area (Å²) in [4.78, 5) is 9.28. The number of nitrogens with zero attached hydrogens (tertiary/aromatic N) is 2. The van der Waals surface area contributed by atoms with Crippen molar-refractivity contribution in [2.24, 2.45) is 5.73 Å². The standard InChI is InChI=1S/C16H27N3/c1-2-14(17)12-15-10-11-18-16(19-15)13-8-6-4-3-5-7-9-13/h10-11,13-14H,2-9,12,17H2,1H3. The fraction of sp³-hybridized carbons (Fsp3) is 0.750. The molecule has 1 aromatic heterocycles. The molecule has 3 nitrogen and oxygen atoms in total. The first-order chi connectivity index (χ1) is 9.29. The Morgan fingerprint density at radius 2 is 1.89 bits per heavy atom. The molecule has 1 fully saturated rings. The first-order valence-electron chi connectivity index (χ1n) is 7.87. The van der Waals surface area contributed by atoms with Gasteiger partial charge in [-0.1, -0.05) is 39.0 Å². The van der Waals surface area contributed by atoms with Gasteiger partial charge in [-0.15, -0.1) is 0 Å². The van der Waals surface area contributed by atoms with Crippen molar-refractivity contribution in [1.82, 2.24) is 9.97 Å². The molecule has 0 amide bonds. The highest BCUT2D eigenvalue weighted by molar-refractivity contribution is 5.07. The van der Waals surface area contributed by atoms with Gasteiger partial charge >= 0.3 is 0 Å². The minimum Gasteiger partial charge on any atom is -0.327 e. The van der Waals surface area contributed by atoms with Gasteiger partial charge in [0.05, 0.1) is 0 Å². The summed E-state index contributed by atoms with van der Waals surface area (Å²) in [5.41, 5.74) is 7.13. The quantitative estimate of drug-likeness (QED) is 0.901. The molecule has 0 radical (unpaired) electrons. The maximum absolute atomic E-state index is 6.02. The van der Waals surface area contributed by atoms with Crippen LogP contribution in [0.1, 0.15) is 75.7 Å². The number of nitrogens with two attached hydrogens (primary N) is 1. The van der Waals surface area contributed by atoms with Crippen molar-refractivity contribution in [3.8, 4) is 0 Å². The van der Waals surface area contributed by atoms with Crippen LogP contribution in [0.4, 0.5) is 0 Å². The molecule has 2 rings (SSSR count). The zero-order chi connectivity index (χ0) is 13.5. The Labute approximate surface area is 117 Å². The predicted octanol–water partition coefficient (Wildman–Crippen LogP) is 3.58. The minimum absolute atomic E-state index is 0.222. The van der Waals surface area contributed by atoms with Crippen LogP contribution < -0.4 is 5.73 Å². The van der Waals surface area contributed by atoms with Crippen LogP contribution in [0, 0.1) is 0 Å². The van der Waals surface area contributed by atoms with E-state index in [-0.39, 0.29) is 6.04 Å². The lowest BCUT2D eigenvalue weighted by molar-refractivity contribution is 0.441. The Kier molecular flexibility index (Phi) is 5.77. The van der Waals surface area contributed by atoms with E-state index in [9.17, 15) is 0 Å². The third-order valence-electron chi connectivity index (χ3n) is 4.20. The predicted molar refractivity (Wildman–Crippen MR) is 79.1 cm³/mol. The van der Waals surface area contributed by atoms with Crippen molar-refractivity contribution in [3.05, 3.63) is 23.8 Å². The second-order valence-corrected chi connectivity index (χ2v) is 5.82. The van der Waals surface area contributed by atoms with Gasteiger partial charge in [-0.3, -0.25) is 0 Å². The summed E-state index contributed by atoms with van der Waals surface area (Å²) in [5.74, 6) is 1.63. The second-order valence-electron chi connectivity index (χ2n) is 5.82. The van der Waals surface area contributed by atoms with Crippen molar-refractivity contribution in [3.63, 3.8) is 0 Å². The third-order valence-corrected chi connectivity index (χ3v) is 4.20. The molecule has 1 aromatic rings. The highest BCUT2D eigenvalue weighted by atomic mass is 14.9. The summed E-state index contributed by atoms with van der Waals surface area (Å²) in [6.45, 7) is 2.13. The maximum atomic E-state index is 6.02. The topological polar surface area (TPSA) is 51.8 Å². The van der Waals surface area contributed by atoms with Gasteiger partial charge in [0.25, 0.3) is 0 Å². The van der Waals surface area contributed by atoms with Crippen molar-refractivity contribution in [1.29, 1.82) is 0 Å². The van der Waals surface area contributed by atoms with Crippen molar-refractivity contribution >= 4 is 0 Å². The summed E-state index contributed by atoms with van der Waals surface area (Å²) >= 11 is 0. The molecule has 0 aliphatic heterocycles. The SMILES string of the molecule is CCC(N)Cc1ccnc(C2CCCCCCC2)n1. The normalized spacial score (nSPS) is 19.7. The van der Waals surface area contributed by atoms with E-state index < -0.39 is 0 Å². The minimum atomic E-state index is 0.222. The largest absolute Gasteiger partial charge is 0.327 e. The molecule has 106 valence electrons. The first-order valence-corrected chi connectivity index (χ1v) is 7.87. The smallest absolute Gasteiger partial charge is 0.131 e. The molecular formula is C16H27N3. The third kappa shape index (κ3) is 4.57.